The third kappa shape index (κ3) is 3.14. The van der Waals surface area contributed by atoms with Gasteiger partial charge in [0.15, 0.2) is 0 Å². The molecule has 3 aromatic rings. The van der Waals surface area contributed by atoms with Gasteiger partial charge in [-0.05, 0) is 24.1 Å². The molecule has 0 fully saturated rings. The van der Waals surface area contributed by atoms with E-state index in [0.717, 1.165) is 22.4 Å². The molecule has 4 nitrogen and oxygen atoms in total. The minimum atomic E-state index is -0.636. The molecule has 0 aromatic heterocycles. The van der Waals surface area contributed by atoms with E-state index in [9.17, 15) is 4.79 Å². The summed E-state index contributed by atoms with van der Waals surface area (Å²) in [6.07, 6.45) is 1.47. The van der Waals surface area contributed by atoms with Crippen LogP contribution in [0.1, 0.15) is 23.6 Å². The van der Waals surface area contributed by atoms with Crippen LogP contribution in [0.25, 0.3) is 0 Å². The van der Waals surface area contributed by atoms with Gasteiger partial charge in [-0.2, -0.15) is 0 Å². The first-order valence-corrected chi connectivity index (χ1v) is 9.38. The molecule has 4 rings (SSSR count). The number of nitrogens with one attached hydrogen (secondary N) is 2. The standard InChI is InChI=1S/C24H22N2O2/c1-2-28-23(27)17-22-25-21-16-10-9-15-20(21)24(26-22,18-11-5-3-6-12-18)19-13-7-4-8-14-19/h3-17,25-26H,2H2,1H3/b22-17+. The van der Waals surface area contributed by atoms with Gasteiger partial charge in [-0.25, -0.2) is 4.79 Å². The molecule has 0 saturated heterocycles. The van der Waals surface area contributed by atoms with Crippen LogP contribution in [-0.4, -0.2) is 12.6 Å². The minimum Gasteiger partial charge on any atom is -0.463 e. The maximum absolute atomic E-state index is 12.1. The lowest BCUT2D eigenvalue weighted by atomic mass is 9.75. The fourth-order valence-corrected chi connectivity index (χ4v) is 3.74. The second-order valence-electron chi connectivity index (χ2n) is 6.59. The Balaban J connectivity index is 1.97. The SMILES string of the molecule is CCOC(=O)/C=C1\Nc2ccccc2C(c2ccccc2)(c2ccccc2)N1. The maximum Gasteiger partial charge on any atom is 0.334 e. The van der Waals surface area contributed by atoms with Crippen LogP contribution in [0.3, 0.4) is 0 Å². The molecule has 1 aliphatic heterocycles. The normalized spacial score (nSPS) is 15.8. The number of hydrogen-bond donors (Lipinski definition) is 2. The number of benzene rings is 3. The van der Waals surface area contributed by atoms with Crippen molar-refractivity contribution >= 4 is 11.7 Å². The van der Waals surface area contributed by atoms with E-state index in [2.05, 4.69) is 41.0 Å². The van der Waals surface area contributed by atoms with Crippen molar-refractivity contribution in [2.45, 2.75) is 12.5 Å². The molecule has 4 heteroatoms. The Hall–Kier alpha value is -3.53. The van der Waals surface area contributed by atoms with Crippen molar-refractivity contribution in [3.05, 3.63) is 114 Å². The lowest BCUT2D eigenvalue weighted by molar-refractivity contribution is -0.137. The summed E-state index contributed by atoms with van der Waals surface area (Å²) in [5.41, 5.74) is 3.58. The largest absolute Gasteiger partial charge is 0.463 e. The van der Waals surface area contributed by atoms with Crippen molar-refractivity contribution < 1.29 is 9.53 Å². The molecule has 1 aliphatic rings. The Bertz CT molecular complexity index is 958. The predicted molar refractivity (Wildman–Crippen MR) is 111 cm³/mol. The predicted octanol–water partition coefficient (Wildman–Crippen LogP) is 4.40. The Morgan fingerprint density at radius 1 is 0.893 bits per heavy atom. The zero-order chi connectivity index (χ0) is 19.4. The zero-order valence-electron chi connectivity index (χ0n) is 15.7. The van der Waals surface area contributed by atoms with Gasteiger partial charge in [-0.15, -0.1) is 0 Å². The van der Waals surface area contributed by atoms with Gasteiger partial charge in [-0.3, -0.25) is 0 Å². The van der Waals surface area contributed by atoms with Gasteiger partial charge in [0, 0.05) is 11.3 Å². The number of ether oxygens (including phenoxy) is 1. The Labute approximate surface area is 164 Å². The smallest absolute Gasteiger partial charge is 0.334 e. The fourth-order valence-electron chi connectivity index (χ4n) is 3.74. The van der Waals surface area contributed by atoms with E-state index in [4.69, 9.17) is 4.74 Å². The topological polar surface area (TPSA) is 50.4 Å². The van der Waals surface area contributed by atoms with Gasteiger partial charge >= 0.3 is 5.97 Å². The van der Waals surface area contributed by atoms with Crippen LogP contribution >= 0.6 is 0 Å². The molecule has 0 amide bonds. The lowest BCUT2D eigenvalue weighted by Crippen LogP contribution is -2.49. The van der Waals surface area contributed by atoms with Crippen LogP contribution < -0.4 is 10.6 Å². The van der Waals surface area contributed by atoms with E-state index in [0.29, 0.717) is 12.4 Å². The number of rotatable bonds is 4. The minimum absolute atomic E-state index is 0.335. The van der Waals surface area contributed by atoms with Crippen LogP contribution in [0.15, 0.2) is 96.8 Å². The Kier molecular flexibility index (Phi) is 4.85. The summed E-state index contributed by atoms with van der Waals surface area (Å²) in [5.74, 6) is 0.219. The molecule has 0 atom stereocenters. The summed E-state index contributed by atoms with van der Waals surface area (Å²) in [7, 11) is 0. The van der Waals surface area contributed by atoms with E-state index in [1.807, 2.05) is 54.6 Å². The maximum atomic E-state index is 12.1. The highest BCUT2D eigenvalue weighted by atomic mass is 16.5. The molecule has 1 heterocycles. The third-order valence-electron chi connectivity index (χ3n) is 4.88. The molecule has 0 spiro atoms. The fraction of sp³-hybridized carbons (Fsp3) is 0.125. The molecule has 0 bridgehead atoms. The number of carbonyl (C=O) groups excluding carboxylic acids is 1. The first-order chi connectivity index (χ1) is 13.7. The number of fused-ring (bicyclic) bond motifs is 1. The first-order valence-electron chi connectivity index (χ1n) is 9.38. The van der Waals surface area contributed by atoms with Crippen LogP contribution in [0, 0.1) is 0 Å². The zero-order valence-corrected chi connectivity index (χ0v) is 15.7. The highest BCUT2D eigenvalue weighted by Crippen LogP contribution is 2.43. The van der Waals surface area contributed by atoms with Gasteiger partial charge in [0.25, 0.3) is 0 Å². The average Bonchev–Trinajstić information content (AvgIpc) is 2.74. The summed E-state index contributed by atoms with van der Waals surface area (Å²) in [6, 6.07) is 28.7. The molecular formula is C24H22N2O2. The molecule has 0 aliphatic carbocycles. The Morgan fingerprint density at radius 2 is 1.46 bits per heavy atom. The van der Waals surface area contributed by atoms with Crippen LogP contribution in [0.2, 0.25) is 0 Å². The van der Waals surface area contributed by atoms with Crippen molar-refractivity contribution in [2.75, 3.05) is 11.9 Å². The van der Waals surface area contributed by atoms with Gasteiger partial charge < -0.3 is 15.4 Å². The van der Waals surface area contributed by atoms with Crippen molar-refractivity contribution in [3.63, 3.8) is 0 Å². The quantitative estimate of drug-likeness (QED) is 0.528. The monoisotopic (exact) mass is 370 g/mol. The number of anilines is 1. The summed E-state index contributed by atoms with van der Waals surface area (Å²) in [4.78, 5) is 12.1. The van der Waals surface area contributed by atoms with Gasteiger partial charge in [-0.1, -0.05) is 78.9 Å². The van der Waals surface area contributed by atoms with E-state index in [-0.39, 0.29) is 5.97 Å². The molecule has 2 N–H and O–H groups in total. The number of para-hydroxylation sites is 1. The van der Waals surface area contributed by atoms with Crippen LogP contribution in [0.4, 0.5) is 5.69 Å². The van der Waals surface area contributed by atoms with E-state index in [1.54, 1.807) is 6.92 Å². The number of esters is 1. The molecule has 3 aromatic carbocycles. The molecule has 0 unspecified atom stereocenters. The third-order valence-corrected chi connectivity index (χ3v) is 4.88. The van der Waals surface area contributed by atoms with Gasteiger partial charge in [0.05, 0.1) is 12.7 Å². The van der Waals surface area contributed by atoms with Gasteiger partial charge in [0.1, 0.15) is 11.4 Å². The number of hydrogen-bond acceptors (Lipinski definition) is 4. The van der Waals surface area contributed by atoms with Crippen LogP contribution in [0.5, 0.6) is 0 Å². The molecular weight excluding hydrogens is 348 g/mol. The second-order valence-corrected chi connectivity index (χ2v) is 6.59. The summed E-state index contributed by atoms with van der Waals surface area (Å²) < 4.78 is 5.12. The van der Waals surface area contributed by atoms with Crippen LogP contribution in [-0.2, 0) is 15.1 Å². The van der Waals surface area contributed by atoms with Gasteiger partial charge in [0.2, 0.25) is 0 Å². The molecule has 28 heavy (non-hydrogen) atoms. The second kappa shape index (κ2) is 7.61. The lowest BCUT2D eigenvalue weighted by Gasteiger charge is -2.43. The first kappa shape index (κ1) is 17.9. The van der Waals surface area contributed by atoms with Crippen molar-refractivity contribution in [1.29, 1.82) is 0 Å². The highest BCUT2D eigenvalue weighted by Gasteiger charge is 2.41. The van der Waals surface area contributed by atoms with E-state index < -0.39 is 5.54 Å². The molecule has 0 radical (unpaired) electrons. The summed E-state index contributed by atoms with van der Waals surface area (Å²) in [6.45, 7) is 2.13. The van der Waals surface area contributed by atoms with Crippen molar-refractivity contribution in [3.8, 4) is 0 Å². The van der Waals surface area contributed by atoms with E-state index in [1.165, 1.54) is 6.08 Å². The van der Waals surface area contributed by atoms with E-state index >= 15 is 0 Å². The molecule has 140 valence electrons. The summed E-state index contributed by atoms with van der Waals surface area (Å²) in [5, 5.41) is 6.92. The summed E-state index contributed by atoms with van der Waals surface area (Å²) >= 11 is 0. The molecule has 0 saturated carbocycles. The highest BCUT2D eigenvalue weighted by molar-refractivity contribution is 5.84. The average molecular weight is 370 g/mol. The Morgan fingerprint density at radius 3 is 2.07 bits per heavy atom. The number of carbonyl (C=O) groups is 1. The van der Waals surface area contributed by atoms with Crippen molar-refractivity contribution in [1.82, 2.24) is 5.32 Å². The van der Waals surface area contributed by atoms with Crippen molar-refractivity contribution in [2.24, 2.45) is 0 Å².